The van der Waals surface area contributed by atoms with Crippen LogP contribution in [0.3, 0.4) is 0 Å². The Kier molecular flexibility index (Phi) is 18.3. The van der Waals surface area contributed by atoms with E-state index in [0.29, 0.717) is 22.5 Å². The fourth-order valence-corrected chi connectivity index (χ4v) is 6.79. The molecule has 0 saturated heterocycles. The first-order chi connectivity index (χ1) is 31.5. The van der Waals surface area contributed by atoms with Gasteiger partial charge in [0.2, 0.25) is 12.1 Å². The Labute approximate surface area is 404 Å². The number of ketones is 2. The molecule has 66 heavy (non-hydrogen) atoms. The Morgan fingerprint density at radius 3 is 1.47 bits per heavy atom. The second kappa shape index (κ2) is 23.8. The fraction of sp³-hybridized carbons (Fsp3) is 0.217. The predicted molar refractivity (Wildman–Crippen MR) is 258 cm³/mol. The molecule has 0 bridgehead atoms. The molecule has 15 nitrogen and oxygen atoms in total. The van der Waals surface area contributed by atoms with Crippen LogP contribution in [0, 0.1) is 0 Å². The van der Waals surface area contributed by atoms with Gasteiger partial charge >= 0.3 is 0 Å². The SMILES string of the molecule is CC(=O)C(N=Nc1cc(C(=O)Nc2ccccc2C(C)Cl)ccc1Cl)C(=O)Nc1ccc(NC(=O)C(N=Nc2cc(C(=O)Nc3ccccc3C(C)Cl)ccc2Cl)C(C)=O)c(OCCCl)c1. The summed E-state index contributed by atoms with van der Waals surface area (Å²) in [7, 11) is 0. The number of para-hydroxylation sites is 2. The van der Waals surface area contributed by atoms with Gasteiger partial charge in [-0.15, -0.1) is 34.8 Å². The maximum absolute atomic E-state index is 13.5. The number of halogens is 5. The number of hydrogen-bond acceptors (Lipinski definition) is 11. The van der Waals surface area contributed by atoms with Gasteiger partial charge in [0.15, 0.2) is 11.6 Å². The van der Waals surface area contributed by atoms with Gasteiger partial charge in [-0.2, -0.15) is 20.5 Å². The van der Waals surface area contributed by atoms with Crippen molar-refractivity contribution in [2.75, 3.05) is 33.8 Å². The zero-order chi connectivity index (χ0) is 48.1. The lowest BCUT2D eigenvalue weighted by Crippen LogP contribution is -2.32. The van der Waals surface area contributed by atoms with Crippen LogP contribution in [0.15, 0.2) is 124 Å². The number of alkyl halides is 3. The van der Waals surface area contributed by atoms with Crippen LogP contribution in [0.5, 0.6) is 5.75 Å². The Morgan fingerprint density at radius 2 is 1.03 bits per heavy atom. The summed E-state index contributed by atoms with van der Waals surface area (Å²) in [5, 5.41) is 26.3. The average molecular weight is 995 g/mol. The highest BCUT2D eigenvalue weighted by atomic mass is 35.5. The Morgan fingerprint density at radius 1 is 0.576 bits per heavy atom. The molecule has 5 rings (SSSR count). The number of Topliss-reactive ketones (excluding diaryl/α,β-unsaturated/α-hetero) is 2. The number of hydrogen-bond donors (Lipinski definition) is 4. The minimum absolute atomic E-state index is 0.0102. The molecule has 4 atom stereocenters. The number of carbonyl (C=O) groups is 6. The lowest BCUT2D eigenvalue weighted by Gasteiger charge is -2.16. The molecular weight excluding hydrogens is 954 g/mol. The van der Waals surface area contributed by atoms with E-state index in [2.05, 4.69) is 41.7 Å². The molecule has 342 valence electrons. The van der Waals surface area contributed by atoms with Crippen molar-refractivity contribution in [3.05, 3.63) is 135 Å². The summed E-state index contributed by atoms with van der Waals surface area (Å²) in [5.74, 6) is -4.04. The van der Waals surface area contributed by atoms with E-state index >= 15 is 0 Å². The maximum Gasteiger partial charge on any atom is 0.258 e. The van der Waals surface area contributed by atoms with Crippen LogP contribution in [-0.4, -0.2) is 59.8 Å². The van der Waals surface area contributed by atoms with Gasteiger partial charge in [-0.1, -0.05) is 59.6 Å². The van der Waals surface area contributed by atoms with Gasteiger partial charge in [0.05, 0.1) is 32.4 Å². The largest absolute Gasteiger partial charge is 0.490 e. The molecule has 0 spiro atoms. The standard InChI is InChI=1S/C46H41Cl5N8O7/c1-24(48)31-9-5-7-11-35(31)53-43(62)28-13-16-33(50)38(21-28)56-58-41(26(3)60)45(64)52-30-15-18-37(40(23-30)66-20-19-47)55-46(65)42(27(4)61)59-57-39-22-29(14-17-34(39)51)44(63)54-36-12-8-6-10-32(36)25(2)49/h5-18,21-25,41-42H,19-20H2,1-4H3,(H,52,64)(H,53,62)(H,54,63)(H,55,65). The number of carbonyl (C=O) groups excluding carboxylic acids is 6. The molecule has 5 aromatic carbocycles. The molecule has 4 amide bonds. The maximum atomic E-state index is 13.5. The summed E-state index contributed by atoms with van der Waals surface area (Å²) < 4.78 is 5.74. The first kappa shape index (κ1) is 50.8. The van der Waals surface area contributed by atoms with E-state index in [4.69, 9.17) is 62.7 Å². The summed E-state index contributed by atoms with van der Waals surface area (Å²) in [4.78, 5) is 78.7. The highest BCUT2D eigenvalue weighted by molar-refractivity contribution is 6.33. The minimum Gasteiger partial charge on any atom is -0.490 e. The van der Waals surface area contributed by atoms with Crippen molar-refractivity contribution in [2.24, 2.45) is 20.5 Å². The van der Waals surface area contributed by atoms with E-state index in [1.807, 2.05) is 0 Å². The number of benzene rings is 5. The average Bonchev–Trinajstić information content (AvgIpc) is 3.27. The van der Waals surface area contributed by atoms with Gasteiger partial charge in [0.25, 0.3) is 23.6 Å². The zero-order valence-corrected chi connectivity index (χ0v) is 39.4. The first-order valence-corrected chi connectivity index (χ1v) is 22.1. The van der Waals surface area contributed by atoms with Crippen molar-refractivity contribution in [3.63, 3.8) is 0 Å². The van der Waals surface area contributed by atoms with E-state index in [1.165, 1.54) is 54.6 Å². The Balaban J connectivity index is 1.30. The smallest absolute Gasteiger partial charge is 0.258 e. The number of nitrogens with one attached hydrogen (secondary N) is 4. The van der Waals surface area contributed by atoms with Gasteiger partial charge in [0.1, 0.15) is 23.7 Å². The number of ether oxygens (including phenoxy) is 1. The predicted octanol–water partition coefficient (Wildman–Crippen LogP) is 12.1. The second-order valence-corrected chi connectivity index (χ2v) is 16.8. The molecule has 0 saturated carbocycles. The number of nitrogens with zero attached hydrogens (tertiary/aromatic N) is 4. The fourth-order valence-electron chi connectivity index (χ4n) is 6.03. The number of anilines is 4. The molecule has 0 aliphatic rings. The molecule has 0 heterocycles. The third kappa shape index (κ3) is 13.7. The topological polar surface area (TPSA) is 209 Å². The molecule has 0 fully saturated rings. The Bertz CT molecular complexity index is 2710. The molecule has 0 aromatic heterocycles. The van der Waals surface area contributed by atoms with Crippen molar-refractivity contribution in [1.29, 1.82) is 0 Å². The molecular formula is C46H41Cl5N8O7. The highest BCUT2D eigenvalue weighted by Gasteiger charge is 2.27. The lowest BCUT2D eigenvalue weighted by atomic mass is 10.1. The molecule has 0 radical (unpaired) electrons. The van der Waals surface area contributed by atoms with Crippen molar-refractivity contribution in [3.8, 4) is 5.75 Å². The summed E-state index contributed by atoms with van der Waals surface area (Å²) in [6.07, 6.45) is 0. The van der Waals surface area contributed by atoms with Crippen LogP contribution < -0.4 is 26.0 Å². The number of azo groups is 2. The molecule has 4 unspecified atom stereocenters. The Hall–Kier alpha value is -6.23. The summed E-state index contributed by atoms with van der Waals surface area (Å²) in [5.41, 5.74) is 2.99. The van der Waals surface area contributed by atoms with Gasteiger partial charge < -0.3 is 26.0 Å². The van der Waals surface area contributed by atoms with Crippen LogP contribution in [0.2, 0.25) is 10.0 Å². The van der Waals surface area contributed by atoms with E-state index < -0.39 is 47.3 Å². The minimum atomic E-state index is -1.67. The van der Waals surface area contributed by atoms with Crippen molar-refractivity contribution < 1.29 is 33.5 Å². The zero-order valence-electron chi connectivity index (χ0n) is 35.6. The third-order valence-electron chi connectivity index (χ3n) is 9.36. The van der Waals surface area contributed by atoms with Gasteiger partial charge in [-0.25, -0.2) is 0 Å². The molecule has 20 heteroatoms. The van der Waals surface area contributed by atoms with E-state index in [9.17, 15) is 28.8 Å². The lowest BCUT2D eigenvalue weighted by molar-refractivity contribution is -0.127. The summed E-state index contributed by atoms with van der Waals surface area (Å²) >= 11 is 31.2. The van der Waals surface area contributed by atoms with E-state index in [-0.39, 0.29) is 72.9 Å². The third-order valence-corrected chi connectivity index (χ3v) is 10.6. The second-order valence-electron chi connectivity index (χ2n) is 14.3. The van der Waals surface area contributed by atoms with Crippen molar-refractivity contribution >= 4 is 127 Å². The monoisotopic (exact) mass is 992 g/mol. The molecule has 5 aromatic rings. The van der Waals surface area contributed by atoms with Crippen LogP contribution in [-0.2, 0) is 19.2 Å². The van der Waals surface area contributed by atoms with Crippen LogP contribution in [0.25, 0.3) is 0 Å². The molecule has 0 aliphatic carbocycles. The van der Waals surface area contributed by atoms with Gasteiger partial charge in [0, 0.05) is 34.3 Å². The van der Waals surface area contributed by atoms with Gasteiger partial charge in [-0.3, -0.25) is 28.8 Å². The van der Waals surface area contributed by atoms with Crippen LogP contribution in [0.4, 0.5) is 34.1 Å². The van der Waals surface area contributed by atoms with E-state index in [1.54, 1.807) is 62.4 Å². The van der Waals surface area contributed by atoms with E-state index in [0.717, 1.165) is 13.8 Å². The number of amides is 4. The quantitative estimate of drug-likeness (QED) is 0.0357. The molecule has 4 N–H and O–H groups in total. The highest BCUT2D eigenvalue weighted by Crippen LogP contribution is 2.33. The first-order valence-electron chi connectivity index (χ1n) is 19.9. The summed E-state index contributed by atoms with van der Waals surface area (Å²) in [6.45, 7) is 5.81. The van der Waals surface area contributed by atoms with Crippen LogP contribution in [0.1, 0.15) is 70.3 Å². The normalized spacial score (nSPS) is 13.0. The van der Waals surface area contributed by atoms with Crippen molar-refractivity contribution in [1.82, 2.24) is 0 Å². The van der Waals surface area contributed by atoms with Crippen molar-refractivity contribution in [2.45, 2.75) is 50.5 Å². The number of rotatable bonds is 19. The molecule has 0 aliphatic heterocycles. The van der Waals surface area contributed by atoms with Gasteiger partial charge in [-0.05, 0) is 99.5 Å². The van der Waals surface area contributed by atoms with Crippen LogP contribution >= 0.6 is 58.0 Å². The summed E-state index contributed by atoms with van der Waals surface area (Å²) in [6, 6.07) is 23.4.